The molecule has 0 aromatic rings. The summed E-state index contributed by atoms with van der Waals surface area (Å²) in [6.07, 6.45) is 7.12. The molecule has 6 heteroatoms. The van der Waals surface area contributed by atoms with Crippen LogP contribution in [0, 0.1) is 17.8 Å². The van der Waals surface area contributed by atoms with Gasteiger partial charge in [-0.15, -0.1) is 24.0 Å². The van der Waals surface area contributed by atoms with E-state index in [0.29, 0.717) is 6.61 Å². The number of hydrogen-bond acceptors (Lipinski definition) is 3. The molecule has 1 saturated carbocycles. The quantitative estimate of drug-likeness (QED) is 0.309. The summed E-state index contributed by atoms with van der Waals surface area (Å²) >= 11 is 0. The number of guanidine groups is 1. The van der Waals surface area contributed by atoms with Crippen molar-refractivity contribution >= 4 is 35.9 Å². The number of piperidine rings is 1. The molecular weight excluding hydrogens is 417 g/mol. The maximum atomic E-state index is 11.8. The third-order valence-corrected chi connectivity index (χ3v) is 5.22. The molecule has 0 aromatic carbocycles. The summed E-state index contributed by atoms with van der Waals surface area (Å²) in [7, 11) is 1.85. The maximum Gasteiger partial charge on any atom is 0.309 e. The average molecular weight is 451 g/mol. The van der Waals surface area contributed by atoms with E-state index in [9.17, 15) is 4.79 Å². The molecule has 0 amide bonds. The molecule has 2 rings (SSSR count). The Morgan fingerprint density at radius 1 is 1.25 bits per heavy atom. The van der Waals surface area contributed by atoms with Gasteiger partial charge in [0.15, 0.2) is 5.96 Å². The fourth-order valence-electron chi connectivity index (χ4n) is 3.90. The van der Waals surface area contributed by atoms with Crippen LogP contribution in [-0.2, 0) is 9.53 Å². The third kappa shape index (κ3) is 6.41. The van der Waals surface area contributed by atoms with Crippen molar-refractivity contribution in [2.45, 2.75) is 52.4 Å². The second-order valence-electron chi connectivity index (χ2n) is 7.08. The van der Waals surface area contributed by atoms with Crippen molar-refractivity contribution in [1.29, 1.82) is 0 Å². The lowest BCUT2D eigenvalue weighted by Gasteiger charge is -2.34. The van der Waals surface area contributed by atoms with E-state index in [4.69, 9.17) is 4.74 Å². The molecule has 2 fully saturated rings. The molecule has 1 N–H and O–H groups in total. The van der Waals surface area contributed by atoms with Gasteiger partial charge in [0.05, 0.1) is 12.5 Å². The maximum absolute atomic E-state index is 11.8. The fraction of sp³-hybridized carbons (Fsp3) is 0.889. The number of esters is 1. The number of aliphatic imine (C=N–C) groups is 1. The Morgan fingerprint density at radius 3 is 2.54 bits per heavy atom. The lowest BCUT2D eigenvalue weighted by Crippen LogP contribution is -2.48. The summed E-state index contributed by atoms with van der Waals surface area (Å²) in [5.74, 6) is 2.64. The van der Waals surface area contributed by atoms with Gasteiger partial charge in [0.1, 0.15) is 0 Å². The molecule has 5 nitrogen and oxygen atoms in total. The van der Waals surface area contributed by atoms with Gasteiger partial charge in [0.25, 0.3) is 0 Å². The van der Waals surface area contributed by atoms with E-state index in [1.165, 1.54) is 25.7 Å². The number of hydrogen-bond donors (Lipinski definition) is 1. The normalized spacial score (nSPS) is 25.8. The highest BCUT2D eigenvalue weighted by Crippen LogP contribution is 2.28. The lowest BCUT2D eigenvalue weighted by molar-refractivity contribution is -0.149. The first-order valence-corrected chi connectivity index (χ1v) is 9.26. The smallest absolute Gasteiger partial charge is 0.309 e. The molecule has 0 bridgehead atoms. The molecule has 2 unspecified atom stereocenters. The molecule has 0 aromatic heterocycles. The van der Waals surface area contributed by atoms with Gasteiger partial charge in [0.2, 0.25) is 0 Å². The van der Waals surface area contributed by atoms with Crippen LogP contribution in [0.3, 0.4) is 0 Å². The van der Waals surface area contributed by atoms with E-state index in [0.717, 1.165) is 50.3 Å². The van der Waals surface area contributed by atoms with Crippen LogP contribution in [-0.4, -0.2) is 50.1 Å². The van der Waals surface area contributed by atoms with Crippen LogP contribution < -0.4 is 5.32 Å². The zero-order chi connectivity index (χ0) is 16.7. The first-order chi connectivity index (χ1) is 11.1. The molecule has 0 spiro atoms. The average Bonchev–Trinajstić information content (AvgIpc) is 2.56. The van der Waals surface area contributed by atoms with E-state index in [1.807, 2.05) is 14.0 Å². The zero-order valence-corrected chi connectivity index (χ0v) is 17.8. The molecule has 2 aliphatic rings. The van der Waals surface area contributed by atoms with Gasteiger partial charge in [-0.2, -0.15) is 0 Å². The van der Waals surface area contributed by atoms with E-state index < -0.39 is 0 Å². The summed E-state index contributed by atoms with van der Waals surface area (Å²) in [4.78, 5) is 18.5. The Bertz CT molecular complexity index is 409. The number of nitrogens with one attached hydrogen (secondary N) is 1. The van der Waals surface area contributed by atoms with Crippen molar-refractivity contribution in [2.24, 2.45) is 22.7 Å². The fourth-order valence-corrected chi connectivity index (χ4v) is 3.90. The highest BCUT2D eigenvalue weighted by Gasteiger charge is 2.27. The number of ether oxygens (including phenoxy) is 1. The summed E-state index contributed by atoms with van der Waals surface area (Å²) in [6, 6.07) is 0. The summed E-state index contributed by atoms with van der Waals surface area (Å²) in [5.41, 5.74) is 0. The van der Waals surface area contributed by atoms with Crippen LogP contribution in [0.1, 0.15) is 52.4 Å². The Labute approximate surface area is 164 Å². The van der Waals surface area contributed by atoms with Crippen LogP contribution in [0.2, 0.25) is 0 Å². The highest BCUT2D eigenvalue weighted by atomic mass is 127. The van der Waals surface area contributed by atoms with Gasteiger partial charge in [-0.25, -0.2) is 0 Å². The number of rotatable bonds is 4. The lowest BCUT2D eigenvalue weighted by atomic mass is 9.82. The molecule has 2 atom stereocenters. The third-order valence-electron chi connectivity index (χ3n) is 5.22. The first-order valence-electron chi connectivity index (χ1n) is 9.26. The molecule has 24 heavy (non-hydrogen) atoms. The minimum Gasteiger partial charge on any atom is -0.466 e. The van der Waals surface area contributed by atoms with Crippen molar-refractivity contribution < 1.29 is 9.53 Å². The summed E-state index contributed by atoms with van der Waals surface area (Å²) < 4.78 is 5.14. The monoisotopic (exact) mass is 451 g/mol. The Morgan fingerprint density at radius 2 is 1.96 bits per heavy atom. The SMILES string of the molecule is CCOC(=O)C1CCN(C(=NC)NCC2CCCC(C)C2)CC1.I. The van der Waals surface area contributed by atoms with Crippen molar-refractivity contribution in [2.75, 3.05) is 33.3 Å². The minimum absolute atomic E-state index is 0. The van der Waals surface area contributed by atoms with Crippen LogP contribution in [0.4, 0.5) is 0 Å². The predicted molar refractivity (Wildman–Crippen MR) is 109 cm³/mol. The van der Waals surface area contributed by atoms with Crippen LogP contribution in [0.25, 0.3) is 0 Å². The number of halogens is 1. The highest BCUT2D eigenvalue weighted by molar-refractivity contribution is 14.0. The van der Waals surface area contributed by atoms with E-state index in [-0.39, 0.29) is 35.9 Å². The summed E-state index contributed by atoms with van der Waals surface area (Å²) in [5, 5.41) is 3.56. The Kier molecular flexibility index (Phi) is 10.0. The first kappa shape index (κ1) is 21.5. The molecule has 1 aliphatic heterocycles. The zero-order valence-electron chi connectivity index (χ0n) is 15.4. The van der Waals surface area contributed by atoms with Crippen LogP contribution in [0.15, 0.2) is 4.99 Å². The molecule has 0 radical (unpaired) electrons. The Hall–Kier alpha value is -0.530. The number of carbonyl (C=O) groups is 1. The number of likely N-dealkylation sites (tertiary alicyclic amines) is 1. The predicted octanol–water partition coefficient (Wildman–Crippen LogP) is 3.28. The van der Waals surface area contributed by atoms with Crippen molar-refractivity contribution in [1.82, 2.24) is 10.2 Å². The minimum atomic E-state index is -0.0358. The topological polar surface area (TPSA) is 53.9 Å². The van der Waals surface area contributed by atoms with Crippen LogP contribution >= 0.6 is 24.0 Å². The van der Waals surface area contributed by atoms with Crippen molar-refractivity contribution in [3.05, 3.63) is 0 Å². The molecule has 140 valence electrons. The molecule has 1 saturated heterocycles. The van der Waals surface area contributed by atoms with Gasteiger partial charge in [-0.3, -0.25) is 9.79 Å². The number of carbonyl (C=O) groups excluding carboxylic acids is 1. The molecular formula is C18H34IN3O2. The van der Waals surface area contributed by atoms with Crippen LogP contribution in [0.5, 0.6) is 0 Å². The van der Waals surface area contributed by atoms with E-state index in [2.05, 4.69) is 22.1 Å². The van der Waals surface area contributed by atoms with Crippen molar-refractivity contribution in [3.63, 3.8) is 0 Å². The van der Waals surface area contributed by atoms with Gasteiger partial charge in [-0.1, -0.05) is 19.8 Å². The molecule has 1 aliphatic carbocycles. The second-order valence-corrected chi connectivity index (χ2v) is 7.08. The van der Waals surface area contributed by atoms with E-state index in [1.54, 1.807) is 0 Å². The second kappa shape index (κ2) is 11.2. The Balaban J connectivity index is 0.00000288. The number of nitrogens with zero attached hydrogens (tertiary/aromatic N) is 2. The summed E-state index contributed by atoms with van der Waals surface area (Å²) in [6.45, 7) is 7.48. The van der Waals surface area contributed by atoms with Gasteiger partial charge in [0, 0.05) is 26.7 Å². The largest absolute Gasteiger partial charge is 0.466 e. The molecule has 1 heterocycles. The van der Waals surface area contributed by atoms with E-state index >= 15 is 0 Å². The van der Waals surface area contributed by atoms with Crippen molar-refractivity contribution in [3.8, 4) is 0 Å². The standard InChI is InChI=1S/C18H33N3O2.HI/c1-4-23-17(22)16-8-10-21(11-9-16)18(19-3)20-13-15-7-5-6-14(2)12-15;/h14-16H,4-13H2,1-3H3,(H,19,20);1H. The van der Waals surface area contributed by atoms with Gasteiger partial charge in [-0.05, 0) is 44.4 Å². The van der Waals surface area contributed by atoms with Gasteiger partial charge >= 0.3 is 5.97 Å². The van der Waals surface area contributed by atoms with Gasteiger partial charge < -0.3 is 15.0 Å².